The number of halogens is 1. The Balaban J connectivity index is 1.91. The van der Waals surface area contributed by atoms with Crippen LogP contribution in [-0.4, -0.2) is 36.5 Å². The molecule has 0 aliphatic heterocycles. The number of hydrogen-bond acceptors (Lipinski definition) is 4. The zero-order chi connectivity index (χ0) is 22.1. The van der Waals surface area contributed by atoms with Crippen molar-refractivity contribution in [2.24, 2.45) is 7.05 Å². The van der Waals surface area contributed by atoms with E-state index in [4.69, 9.17) is 11.6 Å². The quantitative estimate of drug-likeness (QED) is 0.627. The lowest BCUT2D eigenvalue weighted by Gasteiger charge is -2.21. The second-order valence-electron chi connectivity index (χ2n) is 6.73. The molecule has 30 heavy (non-hydrogen) atoms. The maximum Gasteiger partial charge on any atom is 0.295 e. The Morgan fingerprint density at radius 3 is 2.40 bits per heavy atom. The van der Waals surface area contributed by atoms with Crippen molar-refractivity contribution in [3.63, 3.8) is 0 Å². The third kappa shape index (κ3) is 4.42. The molecule has 3 aromatic rings. The summed E-state index contributed by atoms with van der Waals surface area (Å²) in [5.41, 5.74) is 1.11. The van der Waals surface area contributed by atoms with Crippen molar-refractivity contribution in [3.05, 3.63) is 75.7 Å². The SMILES string of the molecule is Cc1c(NC(=O)CN(c2cccc(Cl)c2)S(C)(=O)=O)c(=O)n(-c2ccccc2)n1C. The Bertz CT molecular complexity index is 1250. The fraction of sp³-hybridized carbons (Fsp3) is 0.200. The van der Waals surface area contributed by atoms with E-state index in [-0.39, 0.29) is 11.4 Å². The highest BCUT2D eigenvalue weighted by Gasteiger charge is 2.23. The van der Waals surface area contributed by atoms with Crippen molar-refractivity contribution in [1.29, 1.82) is 0 Å². The largest absolute Gasteiger partial charge is 0.318 e. The van der Waals surface area contributed by atoms with Crippen molar-refractivity contribution in [2.75, 3.05) is 22.4 Å². The molecule has 158 valence electrons. The molecule has 10 heteroatoms. The van der Waals surface area contributed by atoms with E-state index in [0.29, 0.717) is 16.4 Å². The number of carbonyl (C=O) groups excluding carboxylic acids is 1. The van der Waals surface area contributed by atoms with Gasteiger partial charge >= 0.3 is 0 Å². The monoisotopic (exact) mass is 448 g/mol. The number of para-hydroxylation sites is 1. The molecule has 0 bridgehead atoms. The molecule has 3 rings (SSSR count). The van der Waals surface area contributed by atoms with Gasteiger partial charge in [0.25, 0.3) is 5.56 Å². The van der Waals surface area contributed by atoms with E-state index < -0.39 is 28.0 Å². The number of aromatic nitrogens is 2. The molecule has 1 aromatic heterocycles. The summed E-state index contributed by atoms with van der Waals surface area (Å²) >= 11 is 5.96. The van der Waals surface area contributed by atoms with Gasteiger partial charge in [0.2, 0.25) is 15.9 Å². The molecular formula is C20H21ClN4O4S. The van der Waals surface area contributed by atoms with Gasteiger partial charge in [0, 0.05) is 12.1 Å². The summed E-state index contributed by atoms with van der Waals surface area (Å²) in [4.78, 5) is 25.6. The molecule has 0 spiro atoms. The van der Waals surface area contributed by atoms with Crippen LogP contribution in [0.25, 0.3) is 5.69 Å². The first-order chi connectivity index (χ1) is 14.1. The van der Waals surface area contributed by atoms with Crippen LogP contribution in [-0.2, 0) is 21.9 Å². The topological polar surface area (TPSA) is 93.4 Å². The van der Waals surface area contributed by atoms with Crippen LogP contribution in [0, 0.1) is 6.92 Å². The van der Waals surface area contributed by atoms with Crippen molar-refractivity contribution in [2.45, 2.75) is 6.92 Å². The molecule has 2 aromatic carbocycles. The van der Waals surface area contributed by atoms with E-state index in [1.807, 2.05) is 6.07 Å². The molecule has 1 N–H and O–H groups in total. The van der Waals surface area contributed by atoms with Gasteiger partial charge in [0.15, 0.2) is 0 Å². The minimum atomic E-state index is -3.76. The van der Waals surface area contributed by atoms with Crippen LogP contribution in [0.15, 0.2) is 59.4 Å². The van der Waals surface area contributed by atoms with Gasteiger partial charge in [0.05, 0.1) is 23.3 Å². The van der Waals surface area contributed by atoms with Crippen LogP contribution in [0.3, 0.4) is 0 Å². The molecule has 0 unspecified atom stereocenters. The summed E-state index contributed by atoms with van der Waals surface area (Å²) in [6.45, 7) is 1.19. The van der Waals surface area contributed by atoms with E-state index in [9.17, 15) is 18.0 Å². The number of hydrogen-bond donors (Lipinski definition) is 1. The van der Waals surface area contributed by atoms with Crippen molar-refractivity contribution in [3.8, 4) is 5.69 Å². The minimum Gasteiger partial charge on any atom is -0.318 e. The Hall–Kier alpha value is -3.04. The van der Waals surface area contributed by atoms with Gasteiger partial charge in [-0.1, -0.05) is 35.9 Å². The van der Waals surface area contributed by atoms with E-state index in [1.165, 1.54) is 16.8 Å². The maximum absolute atomic E-state index is 12.9. The molecule has 1 heterocycles. The lowest BCUT2D eigenvalue weighted by molar-refractivity contribution is -0.114. The van der Waals surface area contributed by atoms with Gasteiger partial charge in [0.1, 0.15) is 12.2 Å². The number of carbonyl (C=O) groups is 1. The first-order valence-electron chi connectivity index (χ1n) is 8.96. The number of benzene rings is 2. The summed E-state index contributed by atoms with van der Waals surface area (Å²) in [7, 11) is -2.06. The highest BCUT2D eigenvalue weighted by atomic mass is 35.5. The zero-order valence-electron chi connectivity index (χ0n) is 16.7. The number of nitrogens with zero attached hydrogens (tertiary/aromatic N) is 3. The van der Waals surface area contributed by atoms with Crippen molar-refractivity contribution in [1.82, 2.24) is 9.36 Å². The summed E-state index contributed by atoms with van der Waals surface area (Å²) in [6.07, 6.45) is 0.997. The van der Waals surface area contributed by atoms with Gasteiger partial charge in [-0.15, -0.1) is 0 Å². The van der Waals surface area contributed by atoms with Crippen LogP contribution in [0.1, 0.15) is 5.69 Å². The Morgan fingerprint density at radius 1 is 1.13 bits per heavy atom. The van der Waals surface area contributed by atoms with E-state index in [2.05, 4.69) is 5.32 Å². The number of sulfonamides is 1. The van der Waals surface area contributed by atoms with Crippen molar-refractivity contribution >= 4 is 38.9 Å². The van der Waals surface area contributed by atoms with Crippen LogP contribution in [0.2, 0.25) is 5.02 Å². The number of rotatable bonds is 6. The van der Waals surface area contributed by atoms with Gasteiger partial charge in [-0.2, -0.15) is 0 Å². The molecule has 0 fully saturated rings. The summed E-state index contributed by atoms with van der Waals surface area (Å²) in [6, 6.07) is 15.2. The van der Waals surface area contributed by atoms with Gasteiger partial charge < -0.3 is 5.32 Å². The molecule has 0 radical (unpaired) electrons. The first kappa shape index (κ1) is 21.7. The normalized spacial score (nSPS) is 11.3. The molecule has 0 atom stereocenters. The lowest BCUT2D eigenvalue weighted by Crippen LogP contribution is -2.38. The van der Waals surface area contributed by atoms with Crippen LogP contribution in [0.4, 0.5) is 11.4 Å². The van der Waals surface area contributed by atoms with E-state index >= 15 is 0 Å². The summed E-state index contributed by atoms with van der Waals surface area (Å²) < 4.78 is 28.5. The number of anilines is 2. The predicted octanol–water partition coefficient (Wildman–Crippen LogP) is 2.54. The maximum atomic E-state index is 12.9. The number of nitrogens with one attached hydrogen (secondary N) is 1. The third-order valence-electron chi connectivity index (χ3n) is 4.60. The smallest absolute Gasteiger partial charge is 0.295 e. The van der Waals surface area contributed by atoms with Crippen LogP contribution >= 0.6 is 11.6 Å². The number of amides is 1. The third-order valence-corrected chi connectivity index (χ3v) is 5.98. The average Bonchev–Trinajstić information content (AvgIpc) is 2.89. The van der Waals surface area contributed by atoms with Gasteiger partial charge in [-0.25, -0.2) is 13.1 Å². The van der Waals surface area contributed by atoms with E-state index in [0.717, 1.165) is 10.6 Å². The summed E-state index contributed by atoms with van der Waals surface area (Å²) in [5.74, 6) is -0.647. The fourth-order valence-electron chi connectivity index (χ4n) is 3.05. The van der Waals surface area contributed by atoms with Gasteiger partial charge in [-0.3, -0.25) is 18.6 Å². The average molecular weight is 449 g/mol. The lowest BCUT2D eigenvalue weighted by atomic mass is 10.3. The van der Waals surface area contributed by atoms with Crippen LogP contribution in [0.5, 0.6) is 0 Å². The Labute approximate surface area is 179 Å². The standard InChI is InChI=1S/C20H21ClN4O4S/c1-14-19(20(27)25(23(14)2)16-9-5-4-6-10-16)22-18(26)13-24(30(3,28)29)17-11-7-8-15(21)12-17/h4-12H,13H2,1-3H3,(H,22,26). The zero-order valence-corrected chi connectivity index (χ0v) is 18.2. The fourth-order valence-corrected chi connectivity index (χ4v) is 4.09. The molecule has 1 amide bonds. The van der Waals surface area contributed by atoms with Crippen LogP contribution < -0.4 is 15.2 Å². The molecule has 0 aliphatic carbocycles. The highest BCUT2D eigenvalue weighted by molar-refractivity contribution is 7.92. The molecule has 0 saturated heterocycles. The van der Waals surface area contributed by atoms with Crippen molar-refractivity contribution < 1.29 is 13.2 Å². The second kappa shape index (κ2) is 8.37. The minimum absolute atomic E-state index is 0.0888. The molecular weight excluding hydrogens is 428 g/mol. The Kier molecular flexibility index (Phi) is 6.04. The second-order valence-corrected chi connectivity index (χ2v) is 9.08. The first-order valence-corrected chi connectivity index (χ1v) is 11.2. The summed E-state index contributed by atoms with van der Waals surface area (Å²) in [5, 5.41) is 2.90. The van der Waals surface area contributed by atoms with E-state index in [1.54, 1.807) is 55.1 Å². The molecule has 0 aliphatic rings. The van der Waals surface area contributed by atoms with Gasteiger partial charge in [-0.05, 0) is 37.3 Å². The molecule has 8 nitrogen and oxygen atoms in total. The predicted molar refractivity (Wildman–Crippen MR) is 118 cm³/mol. The molecule has 0 saturated carbocycles. The Morgan fingerprint density at radius 2 is 1.80 bits per heavy atom. The highest BCUT2D eigenvalue weighted by Crippen LogP contribution is 2.22.